The topological polar surface area (TPSA) is 81.4 Å². The van der Waals surface area contributed by atoms with Crippen molar-refractivity contribution >= 4 is 17.5 Å². The van der Waals surface area contributed by atoms with Crippen LogP contribution in [-0.4, -0.2) is 35.3 Å². The molecule has 0 radical (unpaired) electrons. The number of hydrogen-bond acceptors (Lipinski definition) is 6. The molecule has 2 rings (SSSR count). The maximum Gasteiger partial charge on any atom is 0.258 e. The van der Waals surface area contributed by atoms with Crippen molar-refractivity contribution in [1.29, 1.82) is 0 Å². The Bertz CT molecular complexity index is 585. The Labute approximate surface area is 109 Å². The average Bonchev–Trinajstić information content (AvgIpc) is 2.81. The Morgan fingerprint density at radius 2 is 2.17 bits per heavy atom. The second-order valence-corrected chi connectivity index (χ2v) is 4.30. The van der Waals surface area contributed by atoms with Gasteiger partial charge >= 0.3 is 0 Å². The molecule has 0 aliphatic heterocycles. The van der Waals surface area contributed by atoms with Crippen molar-refractivity contribution in [2.45, 2.75) is 19.4 Å². The summed E-state index contributed by atoms with van der Waals surface area (Å²) >= 11 is 5.82. The standard InChI is InChI=1S/C10H10ClN7/c1-4-10(2,3)17-8-14-7(11)15-9(16-8)18-6-12-5-13-18/h1,5-6H,2-3H3,(H,14,15,16,17). The van der Waals surface area contributed by atoms with Crippen LogP contribution in [0.4, 0.5) is 5.95 Å². The summed E-state index contributed by atoms with van der Waals surface area (Å²) in [6.45, 7) is 3.64. The van der Waals surface area contributed by atoms with Gasteiger partial charge in [-0.2, -0.15) is 24.7 Å². The van der Waals surface area contributed by atoms with Crippen molar-refractivity contribution in [3.8, 4) is 18.3 Å². The number of aromatic nitrogens is 6. The van der Waals surface area contributed by atoms with E-state index in [0.29, 0.717) is 0 Å². The molecule has 2 aromatic heterocycles. The molecule has 0 atom stereocenters. The van der Waals surface area contributed by atoms with E-state index in [1.54, 1.807) is 0 Å². The maximum atomic E-state index is 5.82. The fourth-order valence-electron chi connectivity index (χ4n) is 1.13. The van der Waals surface area contributed by atoms with E-state index in [0.717, 1.165) is 0 Å². The van der Waals surface area contributed by atoms with Crippen molar-refractivity contribution in [2.75, 3.05) is 5.32 Å². The van der Waals surface area contributed by atoms with Crippen LogP contribution >= 0.6 is 11.6 Å². The molecular formula is C10H10ClN7. The Kier molecular flexibility index (Phi) is 3.12. The van der Waals surface area contributed by atoms with Crippen LogP contribution < -0.4 is 5.32 Å². The molecule has 1 N–H and O–H groups in total. The molecule has 0 amide bonds. The van der Waals surface area contributed by atoms with Gasteiger partial charge in [-0.1, -0.05) is 5.92 Å². The first kappa shape index (κ1) is 12.3. The number of anilines is 1. The molecule has 0 bridgehead atoms. The minimum Gasteiger partial charge on any atom is -0.338 e. The van der Waals surface area contributed by atoms with Crippen LogP contribution in [0.15, 0.2) is 12.7 Å². The minimum atomic E-state index is -0.593. The van der Waals surface area contributed by atoms with Gasteiger partial charge in [0.2, 0.25) is 11.2 Å². The second-order valence-electron chi connectivity index (χ2n) is 3.96. The van der Waals surface area contributed by atoms with E-state index in [4.69, 9.17) is 18.0 Å². The number of halogens is 1. The Balaban J connectivity index is 2.37. The zero-order valence-corrected chi connectivity index (χ0v) is 10.5. The molecule has 0 aromatic carbocycles. The van der Waals surface area contributed by atoms with Gasteiger partial charge in [-0.15, -0.1) is 6.42 Å². The number of rotatable bonds is 3. The second kappa shape index (κ2) is 4.58. The summed E-state index contributed by atoms with van der Waals surface area (Å²) in [4.78, 5) is 15.9. The number of hydrogen-bond donors (Lipinski definition) is 1. The smallest absolute Gasteiger partial charge is 0.258 e. The molecular weight excluding hydrogens is 254 g/mol. The number of nitrogens with one attached hydrogen (secondary N) is 1. The fourth-order valence-corrected chi connectivity index (χ4v) is 1.28. The highest BCUT2D eigenvalue weighted by Crippen LogP contribution is 2.13. The van der Waals surface area contributed by atoms with Crippen LogP contribution in [0.5, 0.6) is 0 Å². The van der Waals surface area contributed by atoms with E-state index >= 15 is 0 Å². The largest absolute Gasteiger partial charge is 0.338 e. The lowest BCUT2D eigenvalue weighted by Gasteiger charge is -2.19. The molecule has 18 heavy (non-hydrogen) atoms. The first-order valence-corrected chi connectivity index (χ1v) is 5.40. The van der Waals surface area contributed by atoms with Crippen molar-refractivity contribution in [3.05, 3.63) is 17.9 Å². The molecule has 0 fully saturated rings. The zero-order chi connectivity index (χ0) is 13.2. The van der Waals surface area contributed by atoms with E-state index in [2.05, 4.69) is 36.3 Å². The molecule has 0 unspecified atom stereocenters. The SMILES string of the molecule is C#CC(C)(C)Nc1nc(Cl)nc(-n2cncn2)n1. The van der Waals surface area contributed by atoms with E-state index in [9.17, 15) is 0 Å². The molecule has 2 aromatic rings. The highest BCUT2D eigenvalue weighted by atomic mass is 35.5. The molecule has 0 saturated heterocycles. The molecule has 0 spiro atoms. The summed E-state index contributed by atoms with van der Waals surface area (Å²) in [5.74, 6) is 3.12. The summed E-state index contributed by atoms with van der Waals surface area (Å²) in [5.41, 5.74) is -0.593. The summed E-state index contributed by atoms with van der Waals surface area (Å²) in [6, 6.07) is 0. The Hall–Kier alpha value is -2.20. The van der Waals surface area contributed by atoms with Crippen LogP contribution in [0.3, 0.4) is 0 Å². The van der Waals surface area contributed by atoms with E-state index in [1.807, 2.05) is 13.8 Å². The summed E-state index contributed by atoms with van der Waals surface area (Å²) in [7, 11) is 0. The first-order valence-electron chi connectivity index (χ1n) is 5.03. The normalized spacial score (nSPS) is 11.0. The maximum absolute atomic E-state index is 5.82. The van der Waals surface area contributed by atoms with Gasteiger partial charge in [0.15, 0.2) is 0 Å². The van der Waals surface area contributed by atoms with Crippen LogP contribution in [0.1, 0.15) is 13.8 Å². The summed E-state index contributed by atoms with van der Waals surface area (Å²) in [6.07, 6.45) is 8.21. The van der Waals surface area contributed by atoms with Gasteiger partial charge in [0.05, 0.1) is 5.54 Å². The van der Waals surface area contributed by atoms with Crippen LogP contribution in [0, 0.1) is 12.3 Å². The minimum absolute atomic E-state index is 0.0471. The van der Waals surface area contributed by atoms with Gasteiger partial charge in [0.25, 0.3) is 5.95 Å². The van der Waals surface area contributed by atoms with Gasteiger partial charge in [-0.25, -0.2) is 4.98 Å². The van der Waals surface area contributed by atoms with E-state index < -0.39 is 5.54 Å². The van der Waals surface area contributed by atoms with Crippen molar-refractivity contribution < 1.29 is 0 Å². The zero-order valence-electron chi connectivity index (χ0n) is 9.79. The third-order valence-electron chi connectivity index (χ3n) is 2.01. The monoisotopic (exact) mass is 263 g/mol. The number of nitrogens with zero attached hydrogens (tertiary/aromatic N) is 6. The first-order chi connectivity index (χ1) is 8.50. The molecule has 0 aliphatic rings. The van der Waals surface area contributed by atoms with Gasteiger partial charge in [-0.3, -0.25) is 0 Å². The third kappa shape index (κ3) is 2.73. The van der Waals surface area contributed by atoms with E-state index in [1.165, 1.54) is 17.3 Å². The lowest BCUT2D eigenvalue weighted by Crippen LogP contribution is -2.30. The lowest BCUT2D eigenvalue weighted by atomic mass is 10.1. The molecule has 7 nitrogen and oxygen atoms in total. The van der Waals surface area contributed by atoms with Crippen LogP contribution in [0.25, 0.3) is 5.95 Å². The molecule has 2 heterocycles. The van der Waals surface area contributed by atoms with Gasteiger partial charge in [0.1, 0.15) is 12.7 Å². The van der Waals surface area contributed by atoms with Crippen LogP contribution in [0.2, 0.25) is 5.28 Å². The predicted octanol–water partition coefficient (Wildman–Crippen LogP) is 0.929. The van der Waals surface area contributed by atoms with Gasteiger partial charge < -0.3 is 5.32 Å². The fraction of sp³-hybridized carbons (Fsp3) is 0.300. The van der Waals surface area contributed by atoms with Crippen LogP contribution in [-0.2, 0) is 0 Å². The summed E-state index contributed by atoms with van der Waals surface area (Å²) < 4.78 is 1.38. The Morgan fingerprint density at radius 1 is 1.39 bits per heavy atom. The van der Waals surface area contributed by atoms with Gasteiger partial charge in [0, 0.05) is 0 Å². The third-order valence-corrected chi connectivity index (χ3v) is 2.17. The van der Waals surface area contributed by atoms with E-state index in [-0.39, 0.29) is 17.2 Å². The average molecular weight is 264 g/mol. The Morgan fingerprint density at radius 3 is 2.78 bits per heavy atom. The van der Waals surface area contributed by atoms with Gasteiger partial charge in [-0.05, 0) is 25.4 Å². The predicted molar refractivity (Wildman–Crippen MR) is 66.3 cm³/mol. The lowest BCUT2D eigenvalue weighted by molar-refractivity contribution is 0.718. The molecule has 0 saturated carbocycles. The van der Waals surface area contributed by atoms with Crippen molar-refractivity contribution in [3.63, 3.8) is 0 Å². The summed E-state index contributed by atoms with van der Waals surface area (Å²) in [5, 5.41) is 6.93. The van der Waals surface area contributed by atoms with Crippen molar-refractivity contribution in [2.24, 2.45) is 0 Å². The quantitative estimate of drug-likeness (QED) is 0.830. The number of terminal acetylenes is 1. The molecule has 0 aliphatic carbocycles. The molecule has 92 valence electrons. The molecule has 8 heteroatoms. The highest BCUT2D eigenvalue weighted by Gasteiger charge is 2.16. The highest BCUT2D eigenvalue weighted by molar-refractivity contribution is 6.28. The van der Waals surface area contributed by atoms with Crippen molar-refractivity contribution in [1.82, 2.24) is 29.7 Å².